The lowest BCUT2D eigenvalue weighted by Crippen LogP contribution is -2.13. The number of anilines is 1. The summed E-state index contributed by atoms with van der Waals surface area (Å²) in [6.45, 7) is 6.00. The summed E-state index contributed by atoms with van der Waals surface area (Å²) in [5.41, 5.74) is 4.70. The molecule has 3 aromatic carbocycles. The summed E-state index contributed by atoms with van der Waals surface area (Å²) in [6.07, 6.45) is 0. The first-order valence-electron chi connectivity index (χ1n) is 8.25. The van der Waals surface area contributed by atoms with Gasteiger partial charge < -0.3 is 10.1 Å². The number of rotatable bonds is 4. The van der Waals surface area contributed by atoms with E-state index in [1.165, 1.54) is 0 Å². The molecular formula is C22H21NO2. The van der Waals surface area contributed by atoms with E-state index in [0.29, 0.717) is 11.3 Å². The fourth-order valence-corrected chi connectivity index (χ4v) is 2.69. The smallest absolute Gasteiger partial charge is 0.255 e. The highest BCUT2D eigenvalue weighted by Crippen LogP contribution is 2.24. The maximum Gasteiger partial charge on any atom is 0.255 e. The van der Waals surface area contributed by atoms with E-state index >= 15 is 0 Å². The zero-order valence-electron chi connectivity index (χ0n) is 14.7. The third-order valence-corrected chi connectivity index (χ3v) is 4.06. The van der Waals surface area contributed by atoms with Gasteiger partial charge in [-0.3, -0.25) is 4.79 Å². The van der Waals surface area contributed by atoms with Gasteiger partial charge in [0.2, 0.25) is 0 Å². The molecule has 0 aliphatic rings. The number of amides is 1. The Morgan fingerprint density at radius 3 is 2.08 bits per heavy atom. The minimum Gasteiger partial charge on any atom is -0.457 e. The SMILES string of the molecule is Cc1cccc(Oc2ccc(C(=O)Nc3c(C)cccc3C)cc2)c1. The largest absolute Gasteiger partial charge is 0.457 e. The lowest BCUT2D eigenvalue weighted by atomic mass is 10.1. The van der Waals surface area contributed by atoms with E-state index in [2.05, 4.69) is 5.32 Å². The van der Waals surface area contributed by atoms with Crippen molar-refractivity contribution in [2.75, 3.05) is 5.32 Å². The Morgan fingerprint density at radius 2 is 1.44 bits per heavy atom. The number of hydrogen-bond donors (Lipinski definition) is 1. The van der Waals surface area contributed by atoms with Crippen LogP contribution in [0.1, 0.15) is 27.0 Å². The summed E-state index contributed by atoms with van der Waals surface area (Å²) in [5.74, 6) is 1.36. The summed E-state index contributed by atoms with van der Waals surface area (Å²) in [4.78, 5) is 12.5. The van der Waals surface area contributed by atoms with Crippen molar-refractivity contribution in [1.82, 2.24) is 0 Å². The topological polar surface area (TPSA) is 38.3 Å². The Morgan fingerprint density at radius 1 is 0.800 bits per heavy atom. The molecule has 25 heavy (non-hydrogen) atoms. The molecular weight excluding hydrogens is 310 g/mol. The number of carbonyl (C=O) groups is 1. The molecule has 3 heteroatoms. The molecule has 0 aromatic heterocycles. The molecule has 0 bridgehead atoms. The average molecular weight is 331 g/mol. The Balaban J connectivity index is 1.72. The molecule has 126 valence electrons. The molecule has 0 aliphatic heterocycles. The van der Waals surface area contributed by atoms with Crippen molar-refractivity contribution in [3.05, 3.63) is 89.0 Å². The predicted octanol–water partition coefficient (Wildman–Crippen LogP) is 5.66. The molecule has 0 saturated carbocycles. The summed E-state index contributed by atoms with van der Waals surface area (Å²) >= 11 is 0. The minimum atomic E-state index is -0.125. The van der Waals surface area contributed by atoms with E-state index in [0.717, 1.165) is 28.1 Å². The van der Waals surface area contributed by atoms with Crippen LogP contribution in [0, 0.1) is 20.8 Å². The van der Waals surface area contributed by atoms with Crippen molar-refractivity contribution in [3.63, 3.8) is 0 Å². The van der Waals surface area contributed by atoms with Gasteiger partial charge in [-0.2, -0.15) is 0 Å². The maximum absolute atomic E-state index is 12.5. The minimum absolute atomic E-state index is 0.125. The van der Waals surface area contributed by atoms with Gasteiger partial charge >= 0.3 is 0 Å². The molecule has 1 amide bonds. The van der Waals surface area contributed by atoms with Crippen molar-refractivity contribution in [1.29, 1.82) is 0 Å². The summed E-state index contributed by atoms with van der Waals surface area (Å²) < 4.78 is 5.82. The van der Waals surface area contributed by atoms with Crippen LogP contribution in [-0.2, 0) is 0 Å². The Hall–Kier alpha value is -3.07. The van der Waals surface area contributed by atoms with Crippen molar-refractivity contribution in [3.8, 4) is 11.5 Å². The van der Waals surface area contributed by atoms with E-state index in [1.54, 1.807) is 12.1 Å². The lowest BCUT2D eigenvalue weighted by Gasteiger charge is -2.12. The normalized spacial score (nSPS) is 10.4. The van der Waals surface area contributed by atoms with Gasteiger partial charge in [0, 0.05) is 11.3 Å². The van der Waals surface area contributed by atoms with Gasteiger partial charge in [0.05, 0.1) is 0 Å². The van der Waals surface area contributed by atoms with Crippen LogP contribution in [-0.4, -0.2) is 5.91 Å². The summed E-state index contributed by atoms with van der Waals surface area (Å²) in [6, 6.07) is 21.0. The third-order valence-electron chi connectivity index (χ3n) is 4.06. The number of para-hydroxylation sites is 1. The molecule has 3 nitrogen and oxygen atoms in total. The van der Waals surface area contributed by atoms with Crippen molar-refractivity contribution in [2.24, 2.45) is 0 Å². The molecule has 0 radical (unpaired) electrons. The molecule has 3 rings (SSSR count). The fourth-order valence-electron chi connectivity index (χ4n) is 2.69. The van der Waals surface area contributed by atoms with Gasteiger partial charge in [-0.1, -0.05) is 30.3 Å². The highest BCUT2D eigenvalue weighted by atomic mass is 16.5. The van der Waals surface area contributed by atoms with Crippen LogP contribution in [0.25, 0.3) is 0 Å². The maximum atomic E-state index is 12.5. The van der Waals surface area contributed by atoms with Crippen molar-refractivity contribution >= 4 is 11.6 Å². The Labute approximate surface area is 148 Å². The van der Waals surface area contributed by atoms with Crippen LogP contribution < -0.4 is 10.1 Å². The van der Waals surface area contributed by atoms with Crippen LogP contribution >= 0.6 is 0 Å². The van der Waals surface area contributed by atoms with Crippen LogP contribution in [0.2, 0.25) is 0 Å². The zero-order valence-corrected chi connectivity index (χ0v) is 14.7. The highest BCUT2D eigenvalue weighted by molar-refractivity contribution is 6.05. The zero-order chi connectivity index (χ0) is 17.8. The molecule has 1 N–H and O–H groups in total. The van der Waals surface area contributed by atoms with Gasteiger partial charge in [-0.15, -0.1) is 0 Å². The predicted molar refractivity (Wildman–Crippen MR) is 102 cm³/mol. The summed E-state index contributed by atoms with van der Waals surface area (Å²) in [7, 11) is 0. The first-order valence-corrected chi connectivity index (χ1v) is 8.25. The Kier molecular flexibility index (Phi) is 4.85. The molecule has 0 heterocycles. The van der Waals surface area contributed by atoms with Gasteiger partial charge in [-0.05, 0) is 73.9 Å². The lowest BCUT2D eigenvalue weighted by molar-refractivity contribution is 0.102. The Bertz CT molecular complexity index is 878. The number of hydrogen-bond acceptors (Lipinski definition) is 2. The molecule has 3 aromatic rings. The molecule has 0 fully saturated rings. The van der Waals surface area contributed by atoms with Gasteiger partial charge in [-0.25, -0.2) is 0 Å². The molecule has 0 unspecified atom stereocenters. The number of aryl methyl sites for hydroxylation is 3. The van der Waals surface area contributed by atoms with Crippen molar-refractivity contribution in [2.45, 2.75) is 20.8 Å². The van der Waals surface area contributed by atoms with E-state index in [9.17, 15) is 4.79 Å². The van der Waals surface area contributed by atoms with E-state index in [-0.39, 0.29) is 5.91 Å². The second-order valence-electron chi connectivity index (χ2n) is 6.16. The molecule has 0 atom stereocenters. The van der Waals surface area contributed by atoms with Gasteiger partial charge in [0.15, 0.2) is 0 Å². The van der Waals surface area contributed by atoms with Gasteiger partial charge in [0.25, 0.3) is 5.91 Å². The van der Waals surface area contributed by atoms with E-state index < -0.39 is 0 Å². The van der Waals surface area contributed by atoms with Crippen LogP contribution in [0.15, 0.2) is 66.7 Å². The van der Waals surface area contributed by atoms with Crippen LogP contribution in [0.5, 0.6) is 11.5 Å². The standard InChI is InChI=1S/C22H21NO2/c1-15-6-4-9-20(14-15)25-19-12-10-18(11-13-19)22(24)23-21-16(2)7-5-8-17(21)3/h4-14H,1-3H3,(H,23,24). The second kappa shape index (κ2) is 7.22. The quantitative estimate of drug-likeness (QED) is 0.670. The van der Waals surface area contributed by atoms with E-state index in [4.69, 9.17) is 4.74 Å². The number of nitrogens with one attached hydrogen (secondary N) is 1. The fraction of sp³-hybridized carbons (Fsp3) is 0.136. The van der Waals surface area contributed by atoms with E-state index in [1.807, 2.05) is 75.4 Å². The monoisotopic (exact) mass is 331 g/mol. The molecule has 0 spiro atoms. The number of ether oxygens (including phenoxy) is 1. The number of carbonyl (C=O) groups excluding carboxylic acids is 1. The molecule has 0 saturated heterocycles. The van der Waals surface area contributed by atoms with Crippen LogP contribution in [0.4, 0.5) is 5.69 Å². The van der Waals surface area contributed by atoms with Crippen LogP contribution in [0.3, 0.4) is 0 Å². The third kappa shape index (κ3) is 4.07. The molecule has 0 aliphatic carbocycles. The second-order valence-corrected chi connectivity index (χ2v) is 6.16. The van der Waals surface area contributed by atoms with Crippen molar-refractivity contribution < 1.29 is 9.53 Å². The first kappa shape index (κ1) is 16.8. The first-order chi connectivity index (χ1) is 12.0. The van der Waals surface area contributed by atoms with Gasteiger partial charge in [0.1, 0.15) is 11.5 Å². The average Bonchev–Trinajstić information content (AvgIpc) is 2.59. The summed E-state index contributed by atoms with van der Waals surface area (Å²) in [5, 5.41) is 2.99. The number of benzene rings is 3. The highest BCUT2D eigenvalue weighted by Gasteiger charge is 2.10.